The molecule has 0 aliphatic carbocycles. The van der Waals surface area contributed by atoms with E-state index in [4.69, 9.17) is 10.4 Å². The lowest BCUT2D eigenvalue weighted by atomic mass is 10.2. The van der Waals surface area contributed by atoms with Gasteiger partial charge in [-0.05, 0) is 12.1 Å². The van der Waals surface area contributed by atoms with Crippen LogP contribution in [0.25, 0.3) is 0 Å². The van der Waals surface area contributed by atoms with E-state index in [1.165, 1.54) is 0 Å². The number of rotatable bonds is 4. The molecule has 0 radical (unpaired) electrons. The average Bonchev–Trinajstić information content (AvgIpc) is 2.21. The molecule has 0 bridgehead atoms. The largest absolute Gasteiger partial charge is 0.481 e. The Kier molecular flexibility index (Phi) is 4.26. The molecule has 16 heavy (non-hydrogen) atoms. The number of benzene rings is 1. The molecule has 0 aliphatic rings. The first-order chi connectivity index (χ1) is 7.54. The molecule has 6 heteroatoms. The van der Waals surface area contributed by atoms with E-state index in [9.17, 15) is 13.6 Å². The van der Waals surface area contributed by atoms with Crippen molar-refractivity contribution in [1.82, 2.24) is 0 Å². The van der Waals surface area contributed by atoms with E-state index in [0.29, 0.717) is 0 Å². The topological polar surface area (TPSA) is 61.1 Å². The van der Waals surface area contributed by atoms with Crippen LogP contribution >= 0.6 is 11.8 Å². The average molecular weight is 243 g/mol. The summed E-state index contributed by atoms with van der Waals surface area (Å²) in [6.07, 6.45) is -0.177. The van der Waals surface area contributed by atoms with Crippen LogP contribution in [0.4, 0.5) is 8.78 Å². The Morgan fingerprint density at radius 1 is 1.44 bits per heavy atom. The summed E-state index contributed by atoms with van der Waals surface area (Å²) in [6.45, 7) is 0. The van der Waals surface area contributed by atoms with Gasteiger partial charge in [0.2, 0.25) is 0 Å². The summed E-state index contributed by atoms with van der Waals surface area (Å²) in [5.41, 5.74) is -0.0995. The van der Waals surface area contributed by atoms with Gasteiger partial charge in [0, 0.05) is 5.75 Å². The highest BCUT2D eigenvalue weighted by atomic mass is 32.2. The van der Waals surface area contributed by atoms with Gasteiger partial charge < -0.3 is 5.11 Å². The van der Waals surface area contributed by atoms with Crippen molar-refractivity contribution in [2.45, 2.75) is 11.3 Å². The summed E-state index contributed by atoms with van der Waals surface area (Å²) in [4.78, 5) is 9.97. The second kappa shape index (κ2) is 5.47. The molecule has 0 aromatic heterocycles. The molecule has 0 saturated heterocycles. The van der Waals surface area contributed by atoms with E-state index < -0.39 is 17.6 Å². The quantitative estimate of drug-likeness (QED) is 0.825. The molecule has 84 valence electrons. The molecule has 0 atom stereocenters. The van der Waals surface area contributed by atoms with Crippen molar-refractivity contribution in [3.05, 3.63) is 29.3 Å². The summed E-state index contributed by atoms with van der Waals surface area (Å²) >= 11 is 0.781. The number of carboxylic acid groups (broad SMARTS) is 1. The summed E-state index contributed by atoms with van der Waals surface area (Å²) < 4.78 is 26.5. The summed E-state index contributed by atoms with van der Waals surface area (Å²) in [5, 5.41) is 16.8. The maximum atomic E-state index is 13.3. The molecule has 0 fully saturated rings. The van der Waals surface area contributed by atoms with Crippen molar-refractivity contribution < 1.29 is 18.7 Å². The lowest BCUT2D eigenvalue weighted by molar-refractivity contribution is -0.136. The van der Waals surface area contributed by atoms with Crippen LogP contribution in [0.3, 0.4) is 0 Å². The standard InChI is InChI=1S/C10H7F2NO2S/c11-7-3-6(5-13)4-8(12)10(7)16-2-1-9(14)15/h3-4H,1-2H2,(H,14,15). The van der Waals surface area contributed by atoms with Crippen LogP contribution in [0.5, 0.6) is 0 Å². The van der Waals surface area contributed by atoms with Crippen molar-refractivity contribution in [3.8, 4) is 6.07 Å². The maximum absolute atomic E-state index is 13.3. The number of halogens is 2. The molecule has 0 amide bonds. The minimum absolute atomic E-state index is 0.0784. The van der Waals surface area contributed by atoms with Gasteiger partial charge >= 0.3 is 5.97 Å². The van der Waals surface area contributed by atoms with E-state index in [-0.39, 0.29) is 22.6 Å². The van der Waals surface area contributed by atoms with Gasteiger partial charge in [-0.15, -0.1) is 11.8 Å². The van der Waals surface area contributed by atoms with Crippen LogP contribution < -0.4 is 0 Å². The van der Waals surface area contributed by atoms with E-state index in [1.54, 1.807) is 6.07 Å². The predicted octanol–water partition coefficient (Wildman–Crippen LogP) is 2.40. The lowest BCUT2D eigenvalue weighted by Crippen LogP contribution is -1.97. The minimum Gasteiger partial charge on any atom is -0.481 e. The molecule has 1 aromatic carbocycles. The Labute approximate surface area is 94.7 Å². The number of thioether (sulfide) groups is 1. The normalized spacial score (nSPS) is 9.81. The number of aliphatic carboxylic acids is 1. The summed E-state index contributed by atoms with van der Waals surface area (Å²) in [6, 6.07) is 3.47. The van der Waals surface area contributed by atoms with Crippen molar-refractivity contribution in [2.75, 3.05) is 5.75 Å². The fourth-order valence-corrected chi connectivity index (χ4v) is 1.88. The molecular weight excluding hydrogens is 236 g/mol. The Bertz CT molecular complexity index is 434. The molecular formula is C10H7F2NO2S. The van der Waals surface area contributed by atoms with Crippen molar-refractivity contribution in [2.24, 2.45) is 0 Å². The molecule has 1 N–H and O–H groups in total. The van der Waals surface area contributed by atoms with Crippen molar-refractivity contribution >= 4 is 17.7 Å². The Hall–Kier alpha value is -1.61. The zero-order valence-electron chi connectivity index (χ0n) is 8.04. The van der Waals surface area contributed by atoms with Crippen molar-refractivity contribution in [1.29, 1.82) is 5.26 Å². The first-order valence-electron chi connectivity index (χ1n) is 4.28. The second-order valence-corrected chi connectivity index (χ2v) is 3.98. The van der Waals surface area contributed by atoms with Crippen LogP contribution in [-0.4, -0.2) is 16.8 Å². The van der Waals surface area contributed by atoms with Crippen LogP contribution in [0.1, 0.15) is 12.0 Å². The van der Waals surface area contributed by atoms with Crippen LogP contribution in [0, 0.1) is 23.0 Å². The third-order valence-corrected chi connectivity index (χ3v) is 2.78. The fourth-order valence-electron chi connectivity index (χ4n) is 1.00. The van der Waals surface area contributed by atoms with Gasteiger partial charge in [-0.3, -0.25) is 4.79 Å². The second-order valence-electron chi connectivity index (χ2n) is 2.87. The van der Waals surface area contributed by atoms with E-state index >= 15 is 0 Å². The van der Waals surface area contributed by atoms with Gasteiger partial charge in [0.05, 0.1) is 22.9 Å². The van der Waals surface area contributed by atoms with Gasteiger partial charge in [-0.1, -0.05) is 0 Å². The smallest absolute Gasteiger partial charge is 0.304 e. The highest BCUT2D eigenvalue weighted by Gasteiger charge is 2.12. The summed E-state index contributed by atoms with van der Waals surface area (Å²) in [7, 11) is 0. The van der Waals surface area contributed by atoms with Gasteiger partial charge in [-0.2, -0.15) is 5.26 Å². The molecule has 0 saturated carbocycles. The lowest BCUT2D eigenvalue weighted by Gasteiger charge is -2.03. The predicted molar refractivity (Wildman–Crippen MR) is 54.0 cm³/mol. The molecule has 1 rings (SSSR count). The SMILES string of the molecule is N#Cc1cc(F)c(SCCC(=O)O)c(F)c1. The van der Waals surface area contributed by atoms with Crippen LogP contribution in [0.15, 0.2) is 17.0 Å². The molecule has 0 aliphatic heterocycles. The maximum Gasteiger partial charge on any atom is 0.304 e. The number of carbonyl (C=O) groups is 1. The number of carboxylic acids is 1. The zero-order chi connectivity index (χ0) is 12.1. The van der Waals surface area contributed by atoms with Gasteiger partial charge in [0.25, 0.3) is 0 Å². The van der Waals surface area contributed by atoms with Crippen LogP contribution in [0.2, 0.25) is 0 Å². The number of hydrogen-bond acceptors (Lipinski definition) is 3. The Morgan fingerprint density at radius 2 is 2.00 bits per heavy atom. The van der Waals surface area contributed by atoms with Gasteiger partial charge in [-0.25, -0.2) is 8.78 Å². The Balaban J connectivity index is 2.81. The molecule has 0 spiro atoms. The van der Waals surface area contributed by atoms with Crippen LogP contribution in [-0.2, 0) is 4.79 Å². The zero-order valence-corrected chi connectivity index (χ0v) is 8.85. The number of nitriles is 1. The molecule has 0 unspecified atom stereocenters. The van der Waals surface area contributed by atoms with E-state index in [2.05, 4.69) is 0 Å². The van der Waals surface area contributed by atoms with E-state index in [1.807, 2.05) is 0 Å². The first-order valence-corrected chi connectivity index (χ1v) is 5.27. The molecule has 0 heterocycles. The van der Waals surface area contributed by atoms with E-state index in [0.717, 1.165) is 23.9 Å². The first kappa shape index (κ1) is 12.5. The Morgan fingerprint density at radius 3 is 2.44 bits per heavy atom. The highest BCUT2D eigenvalue weighted by Crippen LogP contribution is 2.26. The van der Waals surface area contributed by atoms with Gasteiger partial charge in [0.15, 0.2) is 0 Å². The third-order valence-electron chi connectivity index (χ3n) is 1.69. The molecule has 1 aromatic rings. The summed E-state index contributed by atoms with van der Waals surface area (Å²) in [5.74, 6) is -2.63. The number of hydrogen-bond donors (Lipinski definition) is 1. The fraction of sp³-hybridized carbons (Fsp3) is 0.200. The van der Waals surface area contributed by atoms with Crippen molar-refractivity contribution in [3.63, 3.8) is 0 Å². The highest BCUT2D eigenvalue weighted by molar-refractivity contribution is 7.99. The third kappa shape index (κ3) is 3.21. The number of nitrogens with zero attached hydrogens (tertiary/aromatic N) is 1. The minimum atomic E-state index is -1.03. The van der Waals surface area contributed by atoms with Gasteiger partial charge in [0.1, 0.15) is 11.6 Å². The molecule has 3 nitrogen and oxygen atoms in total. The monoisotopic (exact) mass is 243 g/mol.